The van der Waals surface area contributed by atoms with Crippen LogP contribution in [0, 0.1) is 0 Å². The predicted octanol–water partition coefficient (Wildman–Crippen LogP) is 2.03. The van der Waals surface area contributed by atoms with Gasteiger partial charge in [-0.1, -0.05) is 31.2 Å². The molecule has 0 spiro atoms. The van der Waals surface area contributed by atoms with Crippen molar-refractivity contribution in [3.8, 4) is 0 Å². The lowest BCUT2D eigenvalue weighted by Crippen LogP contribution is -2.23. The van der Waals surface area contributed by atoms with E-state index in [1.165, 1.54) is 11.1 Å². The first-order chi connectivity index (χ1) is 7.77. The number of carbonyl (C=O) groups is 1. The minimum atomic E-state index is 0. The van der Waals surface area contributed by atoms with E-state index in [1.54, 1.807) is 0 Å². The summed E-state index contributed by atoms with van der Waals surface area (Å²) in [7, 11) is 0. The summed E-state index contributed by atoms with van der Waals surface area (Å²) in [5.74, 6) is 0.0800. The molecule has 0 atom stereocenters. The Labute approximate surface area is 109 Å². The smallest absolute Gasteiger partial charge is 0.220 e. The Hall–Kier alpha value is -1.06. The van der Waals surface area contributed by atoms with Crippen molar-refractivity contribution in [1.29, 1.82) is 0 Å². The van der Waals surface area contributed by atoms with Crippen LogP contribution in [0.15, 0.2) is 24.3 Å². The molecular weight excluding hydrogens is 236 g/mol. The zero-order chi connectivity index (χ0) is 11.8. The fourth-order valence-corrected chi connectivity index (χ4v) is 1.62. The number of nitrogens with one attached hydrogen (secondary N) is 1. The molecule has 1 aromatic rings. The molecule has 0 unspecified atom stereocenters. The maximum atomic E-state index is 11.4. The van der Waals surface area contributed by atoms with Gasteiger partial charge in [-0.15, -0.1) is 12.4 Å². The van der Waals surface area contributed by atoms with Crippen LogP contribution in [0.25, 0.3) is 0 Å². The van der Waals surface area contributed by atoms with Crippen molar-refractivity contribution in [3.05, 3.63) is 35.4 Å². The van der Waals surface area contributed by atoms with Crippen LogP contribution < -0.4 is 11.1 Å². The summed E-state index contributed by atoms with van der Waals surface area (Å²) < 4.78 is 0. The fourth-order valence-electron chi connectivity index (χ4n) is 1.62. The predicted molar refractivity (Wildman–Crippen MR) is 73.2 cm³/mol. The topological polar surface area (TPSA) is 55.1 Å². The fraction of sp³-hybridized carbons (Fsp3) is 0.462. The Balaban J connectivity index is 0.00000256. The average molecular weight is 257 g/mol. The Morgan fingerprint density at radius 2 is 1.94 bits per heavy atom. The molecule has 17 heavy (non-hydrogen) atoms. The van der Waals surface area contributed by atoms with Crippen LogP contribution in [0.3, 0.4) is 0 Å². The summed E-state index contributed by atoms with van der Waals surface area (Å²) in [5, 5.41) is 2.91. The van der Waals surface area contributed by atoms with Crippen molar-refractivity contribution in [2.75, 3.05) is 6.54 Å². The average Bonchev–Trinajstić information content (AvgIpc) is 2.34. The Kier molecular flexibility index (Phi) is 8.46. The van der Waals surface area contributed by atoms with Gasteiger partial charge >= 0.3 is 0 Å². The third-order valence-corrected chi connectivity index (χ3v) is 2.58. The van der Waals surface area contributed by atoms with Gasteiger partial charge in [-0.25, -0.2) is 0 Å². The number of benzene rings is 1. The molecule has 0 radical (unpaired) electrons. The van der Waals surface area contributed by atoms with Gasteiger partial charge in [-0.3, -0.25) is 4.79 Å². The highest BCUT2D eigenvalue weighted by atomic mass is 35.5. The third-order valence-electron chi connectivity index (χ3n) is 2.58. The molecular formula is C13H21ClN2O. The van der Waals surface area contributed by atoms with Gasteiger partial charge in [0, 0.05) is 13.0 Å². The Bertz CT molecular complexity index is 342. The van der Waals surface area contributed by atoms with Crippen LogP contribution in [-0.2, 0) is 17.8 Å². The van der Waals surface area contributed by atoms with Crippen LogP contribution in [-0.4, -0.2) is 12.5 Å². The van der Waals surface area contributed by atoms with Crippen LogP contribution in [0.1, 0.15) is 30.9 Å². The molecule has 0 bridgehead atoms. The van der Waals surface area contributed by atoms with Gasteiger partial charge in [0.25, 0.3) is 0 Å². The van der Waals surface area contributed by atoms with E-state index in [1.807, 2.05) is 12.1 Å². The Morgan fingerprint density at radius 1 is 1.29 bits per heavy atom. The van der Waals surface area contributed by atoms with E-state index >= 15 is 0 Å². The number of rotatable bonds is 6. The molecule has 96 valence electrons. The van der Waals surface area contributed by atoms with E-state index < -0.39 is 0 Å². The number of aryl methyl sites for hydroxylation is 1. The number of hydrogen-bond acceptors (Lipinski definition) is 2. The lowest BCUT2D eigenvalue weighted by atomic mass is 10.1. The van der Waals surface area contributed by atoms with Gasteiger partial charge < -0.3 is 11.1 Å². The number of carbonyl (C=O) groups excluding carboxylic acids is 1. The monoisotopic (exact) mass is 256 g/mol. The van der Waals surface area contributed by atoms with Crippen molar-refractivity contribution in [2.45, 2.75) is 32.7 Å². The summed E-state index contributed by atoms with van der Waals surface area (Å²) in [4.78, 5) is 11.4. The highest BCUT2D eigenvalue weighted by Gasteiger charge is 2.02. The summed E-state index contributed by atoms with van der Waals surface area (Å²) in [6, 6.07) is 8.18. The van der Waals surface area contributed by atoms with Crippen LogP contribution >= 0.6 is 12.4 Å². The van der Waals surface area contributed by atoms with Crippen molar-refractivity contribution in [1.82, 2.24) is 5.32 Å². The molecule has 3 N–H and O–H groups in total. The number of amides is 1. The van der Waals surface area contributed by atoms with Crippen LogP contribution in [0.5, 0.6) is 0 Å². The molecule has 0 saturated carbocycles. The first kappa shape index (κ1) is 15.9. The number of hydrogen-bond donors (Lipinski definition) is 2. The minimum absolute atomic E-state index is 0. The van der Waals surface area contributed by atoms with Gasteiger partial charge in [0.15, 0.2) is 0 Å². The largest absolute Gasteiger partial charge is 0.352 e. The molecule has 3 nitrogen and oxygen atoms in total. The van der Waals surface area contributed by atoms with E-state index in [2.05, 4.69) is 24.4 Å². The molecule has 0 heterocycles. The number of halogens is 1. The van der Waals surface area contributed by atoms with Crippen molar-refractivity contribution in [2.24, 2.45) is 5.73 Å². The second kappa shape index (κ2) is 9.02. The first-order valence-corrected chi connectivity index (χ1v) is 5.81. The molecule has 1 rings (SSSR count). The zero-order valence-corrected chi connectivity index (χ0v) is 11.1. The highest BCUT2D eigenvalue weighted by Crippen LogP contribution is 2.08. The number of nitrogens with two attached hydrogens (primary N) is 1. The molecule has 0 aliphatic heterocycles. The Morgan fingerprint density at radius 3 is 2.53 bits per heavy atom. The van der Waals surface area contributed by atoms with Gasteiger partial charge in [0.2, 0.25) is 5.91 Å². The van der Waals surface area contributed by atoms with E-state index in [-0.39, 0.29) is 18.3 Å². The molecule has 1 amide bonds. The summed E-state index contributed by atoms with van der Waals surface area (Å²) in [6.45, 7) is 3.31. The zero-order valence-electron chi connectivity index (χ0n) is 10.2. The normalized spacial score (nSPS) is 9.53. The maximum Gasteiger partial charge on any atom is 0.220 e. The quantitative estimate of drug-likeness (QED) is 0.818. The van der Waals surface area contributed by atoms with E-state index in [4.69, 9.17) is 5.73 Å². The molecule has 0 saturated heterocycles. The van der Waals surface area contributed by atoms with Crippen molar-refractivity contribution in [3.63, 3.8) is 0 Å². The van der Waals surface area contributed by atoms with Crippen LogP contribution in [0.2, 0.25) is 0 Å². The first-order valence-electron chi connectivity index (χ1n) is 5.81. The molecule has 0 aliphatic carbocycles. The third kappa shape index (κ3) is 5.71. The molecule has 0 aliphatic rings. The van der Waals surface area contributed by atoms with E-state index in [0.717, 1.165) is 12.8 Å². The van der Waals surface area contributed by atoms with Gasteiger partial charge in [-0.2, -0.15) is 0 Å². The van der Waals surface area contributed by atoms with E-state index in [0.29, 0.717) is 19.5 Å². The summed E-state index contributed by atoms with van der Waals surface area (Å²) in [5.41, 5.74) is 7.84. The molecule has 0 aromatic heterocycles. The summed E-state index contributed by atoms with van der Waals surface area (Å²) in [6.07, 6.45) is 2.26. The minimum Gasteiger partial charge on any atom is -0.352 e. The second-order valence-corrected chi connectivity index (χ2v) is 3.79. The van der Waals surface area contributed by atoms with Gasteiger partial charge in [0.1, 0.15) is 0 Å². The molecule has 0 fully saturated rings. The maximum absolute atomic E-state index is 11.4. The van der Waals surface area contributed by atoms with Gasteiger partial charge in [-0.05, 0) is 30.5 Å². The van der Waals surface area contributed by atoms with Crippen LogP contribution in [0.4, 0.5) is 0 Å². The lowest BCUT2D eigenvalue weighted by Gasteiger charge is -2.08. The highest BCUT2D eigenvalue weighted by molar-refractivity contribution is 5.85. The standard InChI is InChI=1S/C13H20N2O.ClH/c1-2-11-6-3-4-7-12(11)10-15-13(16)8-5-9-14;/h3-4,6-7H,2,5,8-10,14H2,1H3,(H,15,16);1H. The van der Waals surface area contributed by atoms with E-state index in [9.17, 15) is 4.79 Å². The molecule has 1 aromatic carbocycles. The van der Waals surface area contributed by atoms with Gasteiger partial charge in [0.05, 0.1) is 0 Å². The lowest BCUT2D eigenvalue weighted by molar-refractivity contribution is -0.121. The second-order valence-electron chi connectivity index (χ2n) is 3.79. The summed E-state index contributed by atoms with van der Waals surface area (Å²) >= 11 is 0. The molecule has 4 heteroatoms. The SMILES string of the molecule is CCc1ccccc1CNC(=O)CCCN.Cl. The van der Waals surface area contributed by atoms with Crippen molar-refractivity contribution < 1.29 is 4.79 Å². The van der Waals surface area contributed by atoms with Crippen molar-refractivity contribution >= 4 is 18.3 Å².